The van der Waals surface area contributed by atoms with E-state index in [0.717, 1.165) is 44.9 Å². The van der Waals surface area contributed by atoms with Crippen LogP contribution in [0.3, 0.4) is 0 Å². The minimum Gasteiger partial charge on any atom is -0.475 e. The Balaban J connectivity index is 0.000000345. The molecule has 0 saturated carbocycles. The lowest BCUT2D eigenvalue weighted by molar-refractivity contribution is -0.192. The van der Waals surface area contributed by atoms with Gasteiger partial charge in [-0.3, -0.25) is 14.7 Å². The summed E-state index contributed by atoms with van der Waals surface area (Å²) in [6.07, 6.45) is -1.14. The zero-order valence-corrected chi connectivity index (χ0v) is 15.8. The van der Waals surface area contributed by atoms with Gasteiger partial charge in [-0.1, -0.05) is 0 Å². The quantitative estimate of drug-likeness (QED) is 0.828. The van der Waals surface area contributed by atoms with Crippen molar-refractivity contribution in [2.24, 2.45) is 0 Å². The molecule has 0 bridgehead atoms. The molecule has 1 N–H and O–H groups in total. The van der Waals surface area contributed by atoms with Crippen LogP contribution in [-0.4, -0.2) is 83.4 Å². The predicted molar refractivity (Wildman–Crippen MR) is 94.0 cm³/mol. The molecule has 1 aromatic heterocycles. The van der Waals surface area contributed by atoms with Gasteiger partial charge in [0.15, 0.2) is 0 Å². The normalized spacial score (nSPS) is 21.8. The number of methoxy groups -OCH3 is 1. The molecule has 3 rings (SSSR count). The molecule has 2 aliphatic rings. The molecular weight excluding hydrogens is 379 g/mol. The van der Waals surface area contributed by atoms with Crippen molar-refractivity contribution in [3.05, 3.63) is 29.6 Å². The van der Waals surface area contributed by atoms with E-state index >= 15 is 0 Å². The summed E-state index contributed by atoms with van der Waals surface area (Å²) in [5, 5.41) is 7.12. The molecule has 1 atom stereocenters. The summed E-state index contributed by atoms with van der Waals surface area (Å²) in [5.74, 6) is -2.65. The van der Waals surface area contributed by atoms with Gasteiger partial charge < -0.3 is 14.7 Å². The highest BCUT2D eigenvalue weighted by molar-refractivity contribution is 5.94. The van der Waals surface area contributed by atoms with Crippen LogP contribution in [0.1, 0.15) is 28.9 Å². The highest BCUT2D eigenvalue weighted by atomic mass is 19.4. The number of aryl methyl sites for hydroxylation is 1. The van der Waals surface area contributed by atoms with Crippen LogP contribution < -0.4 is 0 Å². The minimum atomic E-state index is -5.08. The average molecular weight is 403 g/mol. The number of pyridine rings is 1. The standard InChI is InChI=1S/C16H23N3O2.C2HF3O2/c1-13-3-4-14(11-17-13)15(20)18-7-5-16(12-18)6-8-19(16)9-10-21-2;3-2(4,5)1(6)7/h3-4,11H,5-10,12H2,1-2H3;(H,6,7). The first-order valence-corrected chi connectivity index (χ1v) is 8.85. The van der Waals surface area contributed by atoms with Crippen LogP contribution in [0.5, 0.6) is 0 Å². The fourth-order valence-corrected chi connectivity index (χ4v) is 3.41. The van der Waals surface area contributed by atoms with Gasteiger partial charge in [-0.25, -0.2) is 4.79 Å². The van der Waals surface area contributed by atoms with Crippen molar-refractivity contribution in [2.75, 3.05) is 39.9 Å². The zero-order valence-electron chi connectivity index (χ0n) is 15.8. The number of aliphatic carboxylic acids is 1. The first-order valence-electron chi connectivity index (χ1n) is 8.85. The Labute approximate surface area is 161 Å². The van der Waals surface area contributed by atoms with Crippen molar-refractivity contribution in [3.63, 3.8) is 0 Å². The second-order valence-corrected chi connectivity index (χ2v) is 6.92. The van der Waals surface area contributed by atoms with Crippen molar-refractivity contribution in [3.8, 4) is 0 Å². The summed E-state index contributed by atoms with van der Waals surface area (Å²) in [5.41, 5.74) is 1.83. The molecule has 1 aromatic rings. The van der Waals surface area contributed by atoms with Crippen LogP contribution in [0.2, 0.25) is 0 Å². The number of ether oxygens (including phenoxy) is 1. The van der Waals surface area contributed by atoms with E-state index in [9.17, 15) is 18.0 Å². The molecule has 156 valence electrons. The van der Waals surface area contributed by atoms with Crippen molar-refractivity contribution >= 4 is 11.9 Å². The Bertz CT molecular complexity index is 696. The average Bonchev–Trinajstić information content (AvgIpc) is 3.09. The van der Waals surface area contributed by atoms with Gasteiger partial charge in [0.2, 0.25) is 0 Å². The Morgan fingerprint density at radius 1 is 1.29 bits per heavy atom. The van der Waals surface area contributed by atoms with Crippen LogP contribution in [-0.2, 0) is 9.53 Å². The lowest BCUT2D eigenvalue weighted by atomic mass is 9.84. The third-order valence-corrected chi connectivity index (χ3v) is 5.10. The third-order valence-electron chi connectivity index (χ3n) is 5.10. The molecule has 2 saturated heterocycles. The molecule has 7 nitrogen and oxygen atoms in total. The van der Waals surface area contributed by atoms with E-state index in [-0.39, 0.29) is 11.4 Å². The molecule has 3 heterocycles. The van der Waals surface area contributed by atoms with E-state index in [4.69, 9.17) is 14.6 Å². The molecule has 1 unspecified atom stereocenters. The highest BCUT2D eigenvalue weighted by Gasteiger charge is 2.49. The van der Waals surface area contributed by atoms with Gasteiger partial charge in [0.1, 0.15) is 0 Å². The first-order chi connectivity index (χ1) is 13.1. The number of hydrogen-bond donors (Lipinski definition) is 1. The maximum Gasteiger partial charge on any atom is 0.490 e. The van der Waals surface area contributed by atoms with Crippen LogP contribution in [0.4, 0.5) is 13.2 Å². The van der Waals surface area contributed by atoms with Crippen molar-refractivity contribution in [1.82, 2.24) is 14.8 Å². The number of amides is 1. The summed E-state index contributed by atoms with van der Waals surface area (Å²) in [6, 6.07) is 3.77. The predicted octanol–water partition coefficient (Wildman–Crippen LogP) is 1.96. The lowest BCUT2D eigenvalue weighted by Crippen LogP contribution is -2.62. The van der Waals surface area contributed by atoms with E-state index in [1.54, 1.807) is 13.3 Å². The summed E-state index contributed by atoms with van der Waals surface area (Å²) >= 11 is 0. The number of aromatic nitrogens is 1. The largest absolute Gasteiger partial charge is 0.490 e. The van der Waals surface area contributed by atoms with Crippen molar-refractivity contribution in [1.29, 1.82) is 0 Å². The van der Waals surface area contributed by atoms with Gasteiger partial charge >= 0.3 is 12.1 Å². The summed E-state index contributed by atoms with van der Waals surface area (Å²) < 4.78 is 36.9. The van der Waals surface area contributed by atoms with Crippen LogP contribution in [0.15, 0.2) is 18.3 Å². The van der Waals surface area contributed by atoms with Gasteiger partial charge in [-0.15, -0.1) is 0 Å². The molecule has 0 aromatic carbocycles. The van der Waals surface area contributed by atoms with Crippen LogP contribution >= 0.6 is 0 Å². The van der Waals surface area contributed by atoms with Crippen molar-refractivity contribution in [2.45, 2.75) is 31.5 Å². The van der Waals surface area contributed by atoms with Crippen LogP contribution in [0, 0.1) is 6.92 Å². The fourth-order valence-electron chi connectivity index (χ4n) is 3.41. The Hall–Kier alpha value is -2.20. The number of likely N-dealkylation sites (tertiary alicyclic amines) is 2. The van der Waals surface area contributed by atoms with Gasteiger partial charge in [-0.05, 0) is 31.9 Å². The summed E-state index contributed by atoms with van der Waals surface area (Å²) in [6.45, 7) is 6.46. The number of carbonyl (C=O) groups excluding carboxylic acids is 1. The molecule has 10 heteroatoms. The van der Waals surface area contributed by atoms with E-state index in [0.29, 0.717) is 5.56 Å². The van der Waals surface area contributed by atoms with Gasteiger partial charge in [0, 0.05) is 50.7 Å². The topological polar surface area (TPSA) is 83.0 Å². The van der Waals surface area contributed by atoms with E-state index < -0.39 is 12.1 Å². The molecule has 28 heavy (non-hydrogen) atoms. The Morgan fingerprint density at radius 2 is 1.93 bits per heavy atom. The van der Waals surface area contributed by atoms with Gasteiger partial charge in [0.05, 0.1) is 12.2 Å². The van der Waals surface area contributed by atoms with E-state index in [2.05, 4.69) is 9.88 Å². The SMILES string of the molecule is COCCN1CCC12CCN(C(=O)c1ccc(C)nc1)C2.O=C(O)C(F)(F)F. The van der Waals surface area contributed by atoms with Crippen LogP contribution in [0.25, 0.3) is 0 Å². The number of carboxylic acid groups (broad SMARTS) is 1. The minimum absolute atomic E-state index is 0.109. The monoisotopic (exact) mass is 403 g/mol. The van der Waals surface area contributed by atoms with Gasteiger partial charge in [0.25, 0.3) is 5.91 Å². The molecule has 2 aliphatic heterocycles. The number of hydrogen-bond acceptors (Lipinski definition) is 5. The van der Waals surface area contributed by atoms with Crippen molar-refractivity contribution < 1.29 is 32.6 Å². The molecule has 0 radical (unpaired) electrons. The summed E-state index contributed by atoms with van der Waals surface area (Å²) in [7, 11) is 1.74. The maximum atomic E-state index is 12.5. The fraction of sp³-hybridized carbons (Fsp3) is 0.611. The Morgan fingerprint density at radius 3 is 2.39 bits per heavy atom. The first kappa shape index (κ1) is 22.1. The van der Waals surface area contributed by atoms with E-state index in [1.807, 2.05) is 24.0 Å². The highest BCUT2D eigenvalue weighted by Crippen LogP contribution is 2.39. The number of nitrogens with zero attached hydrogens (tertiary/aromatic N) is 3. The number of halogens is 3. The number of carboxylic acids is 1. The second kappa shape index (κ2) is 8.87. The molecule has 1 spiro atoms. The summed E-state index contributed by atoms with van der Waals surface area (Å²) in [4.78, 5) is 30.1. The maximum absolute atomic E-state index is 12.5. The lowest BCUT2D eigenvalue weighted by Gasteiger charge is -2.50. The smallest absolute Gasteiger partial charge is 0.475 e. The molecule has 1 amide bonds. The number of alkyl halides is 3. The molecule has 0 aliphatic carbocycles. The molecular formula is C18H24F3N3O4. The molecule has 2 fully saturated rings. The van der Waals surface area contributed by atoms with Gasteiger partial charge in [-0.2, -0.15) is 13.2 Å². The number of rotatable bonds is 4. The van der Waals surface area contributed by atoms with E-state index in [1.165, 1.54) is 6.42 Å². The number of carbonyl (C=O) groups is 2. The zero-order chi connectivity index (χ0) is 20.9. The second-order valence-electron chi connectivity index (χ2n) is 6.92. The Kier molecular flexibility index (Phi) is 7.00. The third kappa shape index (κ3) is 5.20.